The summed E-state index contributed by atoms with van der Waals surface area (Å²) in [4.78, 5) is 18.2. The summed E-state index contributed by atoms with van der Waals surface area (Å²) in [6, 6.07) is 7.68. The minimum absolute atomic E-state index is 0.0641. The molecule has 5 heteroatoms. The van der Waals surface area contributed by atoms with Crippen LogP contribution < -0.4 is 0 Å². The Kier molecular flexibility index (Phi) is 5.35. The average Bonchev–Trinajstić information content (AvgIpc) is 2.42. The number of benzene rings is 1. The van der Waals surface area contributed by atoms with Crippen molar-refractivity contribution in [2.75, 3.05) is 18.9 Å². The molecule has 0 aromatic heterocycles. The minimum atomic E-state index is 0.0641. The molecule has 0 saturated carbocycles. The number of amides is 1. The van der Waals surface area contributed by atoms with Gasteiger partial charge in [0, 0.05) is 23.6 Å². The molecule has 0 aliphatic carbocycles. The Labute approximate surface area is 116 Å². The van der Waals surface area contributed by atoms with E-state index in [9.17, 15) is 4.79 Å². The second kappa shape index (κ2) is 7.02. The van der Waals surface area contributed by atoms with E-state index in [-0.39, 0.29) is 5.91 Å². The quantitative estimate of drug-likeness (QED) is 0.795. The van der Waals surface area contributed by atoms with Gasteiger partial charge in [0.1, 0.15) is 0 Å². The number of nitrogens with zero attached hydrogens (tertiary/aromatic N) is 1. The molecule has 1 saturated heterocycles. The highest BCUT2D eigenvalue weighted by Gasteiger charge is 2.17. The minimum Gasteiger partial charge on any atom is -0.273 e. The van der Waals surface area contributed by atoms with Crippen LogP contribution in [0.4, 0.5) is 0 Å². The lowest BCUT2D eigenvalue weighted by atomic mass is 10.3. The summed E-state index contributed by atoms with van der Waals surface area (Å²) >= 11 is 7.65. The fraction of sp³-hybridized carbons (Fsp3) is 0.462. The zero-order valence-corrected chi connectivity index (χ0v) is 11.7. The van der Waals surface area contributed by atoms with Gasteiger partial charge in [-0.25, -0.2) is 5.06 Å². The number of halogens is 1. The maximum Gasteiger partial charge on any atom is 0.246 e. The van der Waals surface area contributed by atoms with Gasteiger partial charge in [-0.3, -0.25) is 9.63 Å². The first-order valence-electron chi connectivity index (χ1n) is 6.08. The van der Waals surface area contributed by atoms with Crippen molar-refractivity contribution in [2.24, 2.45) is 0 Å². The molecule has 0 spiro atoms. The third kappa shape index (κ3) is 3.90. The summed E-state index contributed by atoms with van der Waals surface area (Å²) in [5, 5.41) is 2.24. The number of thioether (sulfide) groups is 1. The topological polar surface area (TPSA) is 29.5 Å². The van der Waals surface area contributed by atoms with Gasteiger partial charge in [0.25, 0.3) is 0 Å². The van der Waals surface area contributed by atoms with Crippen molar-refractivity contribution >= 4 is 29.3 Å². The standard InChI is InChI=1S/C13H16ClNO2S/c14-11-5-1-2-6-12(11)18-10-7-13(16)15-8-3-4-9-17-15/h1-2,5-6H,3-4,7-10H2. The molecular formula is C13H16ClNO2S. The molecule has 0 bridgehead atoms. The average molecular weight is 286 g/mol. The monoisotopic (exact) mass is 285 g/mol. The second-order valence-electron chi connectivity index (χ2n) is 4.07. The van der Waals surface area contributed by atoms with Crippen molar-refractivity contribution < 1.29 is 9.63 Å². The fourth-order valence-corrected chi connectivity index (χ4v) is 2.90. The largest absolute Gasteiger partial charge is 0.273 e. The van der Waals surface area contributed by atoms with E-state index in [0.29, 0.717) is 13.0 Å². The molecule has 1 aliphatic heterocycles. The smallest absolute Gasteiger partial charge is 0.246 e. The van der Waals surface area contributed by atoms with Crippen molar-refractivity contribution in [2.45, 2.75) is 24.2 Å². The van der Waals surface area contributed by atoms with E-state index in [1.54, 1.807) is 11.8 Å². The van der Waals surface area contributed by atoms with E-state index in [2.05, 4.69) is 0 Å². The summed E-state index contributed by atoms with van der Waals surface area (Å²) in [5.74, 6) is 0.789. The Balaban J connectivity index is 1.75. The molecule has 0 radical (unpaired) electrons. The molecule has 1 aromatic rings. The van der Waals surface area contributed by atoms with Gasteiger partial charge in [0.05, 0.1) is 11.6 Å². The number of hydrogen-bond donors (Lipinski definition) is 0. The van der Waals surface area contributed by atoms with Crippen LogP contribution in [-0.2, 0) is 9.63 Å². The van der Waals surface area contributed by atoms with Crippen molar-refractivity contribution in [3.05, 3.63) is 29.3 Å². The maximum atomic E-state index is 11.8. The molecule has 1 heterocycles. The molecule has 98 valence electrons. The lowest BCUT2D eigenvalue weighted by Crippen LogP contribution is -2.35. The second-order valence-corrected chi connectivity index (χ2v) is 5.61. The molecule has 0 unspecified atom stereocenters. The molecule has 2 rings (SSSR count). The highest BCUT2D eigenvalue weighted by atomic mass is 35.5. The lowest BCUT2D eigenvalue weighted by Gasteiger charge is -2.25. The first-order valence-corrected chi connectivity index (χ1v) is 7.44. The summed E-state index contributed by atoms with van der Waals surface area (Å²) in [5.41, 5.74) is 0. The van der Waals surface area contributed by atoms with E-state index in [1.807, 2.05) is 24.3 Å². The van der Waals surface area contributed by atoms with Crippen LogP contribution in [-0.4, -0.2) is 29.9 Å². The number of hydroxylamine groups is 2. The van der Waals surface area contributed by atoms with E-state index in [1.165, 1.54) is 5.06 Å². The third-order valence-electron chi connectivity index (χ3n) is 2.69. The van der Waals surface area contributed by atoms with Crippen molar-refractivity contribution in [1.29, 1.82) is 0 Å². The third-order valence-corrected chi connectivity index (χ3v) is 4.21. The summed E-state index contributed by atoms with van der Waals surface area (Å²) in [6.07, 6.45) is 2.55. The molecular weight excluding hydrogens is 270 g/mol. The Morgan fingerprint density at radius 3 is 2.94 bits per heavy atom. The number of carbonyl (C=O) groups excluding carboxylic acids is 1. The van der Waals surface area contributed by atoms with Gasteiger partial charge in [-0.2, -0.15) is 0 Å². The van der Waals surface area contributed by atoms with E-state index >= 15 is 0 Å². The van der Waals surface area contributed by atoms with Crippen LogP contribution in [0.3, 0.4) is 0 Å². The van der Waals surface area contributed by atoms with Gasteiger partial charge < -0.3 is 0 Å². The number of rotatable bonds is 4. The van der Waals surface area contributed by atoms with Gasteiger partial charge >= 0.3 is 0 Å². The normalized spacial score (nSPS) is 15.7. The maximum absolute atomic E-state index is 11.8. The summed E-state index contributed by atoms with van der Waals surface area (Å²) in [6.45, 7) is 1.37. The zero-order valence-electron chi connectivity index (χ0n) is 10.1. The van der Waals surface area contributed by atoms with Crippen LogP contribution in [0.1, 0.15) is 19.3 Å². The van der Waals surface area contributed by atoms with Crippen molar-refractivity contribution in [3.63, 3.8) is 0 Å². The summed E-state index contributed by atoms with van der Waals surface area (Å²) < 4.78 is 0. The first kappa shape index (κ1) is 13.7. The highest BCUT2D eigenvalue weighted by Crippen LogP contribution is 2.27. The van der Waals surface area contributed by atoms with E-state index in [0.717, 1.165) is 35.1 Å². The predicted molar refractivity (Wildman–Crippen MR) is 73.7 cm³/mol. The Morgan fingerprint density at radius 2 is 2.22 bits per heavy atom. The molecule has 18 heavy (non-hydrogen) atoms. The van der Waals surface area contributed by atoms with E-state index in [4.69, 9.17) is 16.4 Å². The van der Waals surface area contributed by atoms with Crippen LogP contribution in [0.2, 0.25) is 5.02 Å². The number of hydrogen-bond acceptors (Lipinski definition) is 3. The van der Waals surface area contributed by atoms with Gasteiger partial charge in [-0.15, -0.1) is 11.8 Å². The van der Waals surface area contributed by atoms with Gasteiger partial charge in [0.2, 0.25) is 5.91 Å². The van der Waals surface area contributed by atoms with Gasteiger partial charge in [0.15, 0.2) is 0 Å². The molecule has 1 aromatic carbocycles. The zero-order chi connectivity index (χ0) is 12.8. The van der Waals surface area contributed by atoms with Gasteiger partial charge in [-0.1, -0.05) is 23.7 Å². The Morgan fingerprint density at radius 1 is 1.39 bits per heavy atom. The van der Waals surface area contributed by atoms with E-state index < -0.39 is 0 Å². The number of carbonyl (C=O) groups is 1. The molecule has 1 fully saturated rings. The first-order chi connectivity index (χ1) is 8.77. The fourth-order valence-electron chi connectivity index (χ4n) is 1.73. The lowest BCUT2D eigenvalue weighted by molar-refractivity contribution is -0.196. The van der Waals surface area contributed by atoms with Crippen molar-refractivity contribution in [1.82, 2.24) is 5.06 Å². The predicted octanol–water partition coefficient (Wildman–Crippen LogP) is 3.38. The molecule has 0 atom stereocenters. The van der Waals surface area contributed by atoms with Crippen LogP contribution in [0.5, 0.6) is 0 Å². The highest BCUT2D eigenvalue weighted by molar-refractivity contribution is 7.99. The molecule has 1 aliphatic rings. The van der Waals surface area contributed by atoms with Crippen LogP contribution in [0.15, 0.2) is 29.2 Å². The summed E-state index contributed by atoms with van der Waals surface area (Å²) in [7, 11) is 0. The van der Waals surface area contributed by atoms with Crippen molar-refractivity contribution in [3.8, 4) is 0 Å². The Bertz CT molecular complexity index is 408. The SMILES string of the molecule is O=C(CCSc1ccccc1Cl)N1CCCCO1. The van der Waals surface area contributed by atoms with Crippen LogP contribution in [0.25, 0.3) is 0 Å². The molecule has 0 N–H and O–H groups in total. The molecule has 3 nitrogen and oxygen atoms in total. The van der Waals surface area contributed by atoms with Crippen LogP contribution in [0, 0.1) is 0 Å². The van der Waals surface area contributed by atoms with Gasteiger partial charge in [-0.05, 0) is 25.0 Å². The Hall–Kier alpha value is -0.710. The molecule has 1 amide bonds. The van der Waals surface area contributed by atoms with Crippen LogP contribution >= 0.6 is 23.4 Å².